The van der Waals surface area contributed by atoms with E-state index in [2.05, 4.69) is 77.1 Å². The molecule has 3 aromatic rings. The maximum atomic E-state index is 3.30. The maximum absolute atomic E-state index is 3.30. The van der Waals surface area contributed by atoms with E-state index in [1.165, 1.54) is 50.1 Å². The van der Waals surface area contributed by atoms with Crippen LogP contribution in [0.4, 0.5) is 0 Å². The first kappa shape index (κ1) is 25.1. The molecule has 0 unspecified atom stereocenters. The van der Waals surface area contributed by atoms with Crippen molar-refractivity contribution in [3.8, 4) is 11.1 Å². The van der Waals surface area contributed by atoms with Gasteiger partial charge in [-0.25, -0.2) is 0 Å². The average molecular weight is 419 g/mol. The summed E-state index contributed by atoms with van der Waals surface area (Å²) in [5.74, 6) is 0. The van der Waals surface area contributed by atoms with Gasteiger partial charge in [0.2, 0.25) is 0 Å². The average Bonchev–Trinajstić information content (AvgIpc) is 3.04. The van der Waals surface area contributed by atoms with E-state index >= 15 is 0 Å². The Labute approximate surface area is 185 Å². The molecule has 0 radical (unpaired) electrons. The van der Waals surface area contributed by atoms with Gasteiger partial charge in [0.05, 0.1) is 0 Å². The topological polar surface area (TPSA) is 0 Å². The summed E-state index contributed by atoms with van der Waals surface area (Å²) in [6.45, 7) is 11.0. The smallest absolute Gasteiger partial charge is 1.00 e. The molecule has 0 spiro atoms. The van der Waals surface area contributed by atoms with Gasteiger partial charge in [-0.15, -0.1) is 5.56 Å². The minimum absolute atomic E-state index is 0. The van der Waals surface area contributed by atoms with Crippen LogP contribution in [0.25, 0.3) is 11.1 Å². The Balaban J connectivity index is 0.000000445. The molecule has 4 rings (SSSR count). The predicted octanol–water partition coefficient (Wildman–Crippen LogP) is 0.0111. The number of hydrogen-bond donors (Lipinski definition) is 0. The van der Waals surface area contributed by atoms with Crippen LogP contribution in [0.1, 0.15) is 38.9 Å². The fraction of sp³-hybridized carbons (Fsp3) is 0.261. The predicted molar refractivity (Wildman–Crippen MR) is 99.2 cm³/mol. The monoisotopic (exact) mass is 418 g/mol. The third-order valence-corrected chi connectivity index (χ3v) is 5.43. The van der Waals surface area contributed by atoms with Crippen molar-refractivity contribution in [3.63, 3.8) is 0 Å². The van der Waals surface area contributed by atoms with Gasteiger partial charge in [0.1, 0.15) is 0 Å². The van der Waals surface area contributed by atoms with Crippen molar-refractivity contribution in [2.45, 2.75) is 41.0 Å². The van der Waals surface area contributed by atoms with Crippen LogP contribution in [-0.4, -0.2) is 0 Å². The summed E-state index contributed by atoms with van der Waals surface area (Å²) in [4.78, 5) is 0. The minimum Gasteiger partial charge on any atom is -1.00 e. The van der Waals surface area contributed by atoms with Crippen LogP contribution in [0.3, 0.4) is 0 Å². The van der Waals surface area contributed by atoms with Crippen LogP contribution in [0.2, 0.25) is 0 Å². The molecule has 1 aliphatic rings. The third-order valence-electron chi connectivity index (χ3n) is 5.43. The van der Waals surface area contributed by atoms with E-state index in [0.717, 1.165) is 6.42 Å². The molecule has 0 bridgehead atoms. The molecule has 0 atom stereocenters. The van der Waals surface area contributed by atoms with Crippen LogP contribution in [0.15, 0.2) is 42.5 Å². The second-order valence-electron chi connectivity index (χ2n) is 6.52. The van der Waals surface area contributed by atoms with Crippen LogP contribution in [0.5, 0.6) is 0 Å². The molecule has 0 N–H and O–H groups in total. The Hall–Kier alpha value is -0.916. The quantitative estimate of drug-likeness (QED) is 0.279. The van der Waals surface area contributed by atoms with Crippen LogP contribution >= 0.6 is 0 Å². The van der Waals surface area contributed by atoms with Gasteiger partial charge in [-0.1, -0.05) is 70.0 Å². The fourth-order valence-corrected chi connectivity index (χ4v) is 3.40. The Morgan fingerprint density at radius 1 is 0.808 bits per heavy atom. The van der Waals surface area contributed by atoms with Gasteiger partial charge in [-0.3, -0.25) is 0 Å². The Bertz CT molecular complexity index is 739. The van der Waals surface area contributed by atoms with E-state index in [1.807, 2.05) is 6.07 Å². The maximum Gasteiger partial charge on any atom is 4.00 e. The summed E-state index contributed by atoms with van der Waals surface area (Å²) in [5, 5.41) is 0. The molecule has 0 saturated heterocycles. The minimum atomic E-state index is 0. The first-order valence-corrected chi connectivity index (χ1v) is 8.28. The van der Waals surface area contributed by atoms with Crippen molar-refractivity contribution < 1.29 is 46.5 Å². The van der Waals surface area contributed by atoms with Gasteiger partial charge in [0.25, 0.3) is 0 Å². The largest absolute Gasteiger partial charge is 4.00 e. The zero-order chi connectivity index (χ0) is 16.6. The molecular weight excluding hydrogens is 395 g/mol. The second-order valence-corrected chi connectivity index (χ2v) is 6.52. The molecule has 0 fully saturated rings. The zero-order valence-corrected chi connectivity index (χ0v) is 19.1. The van der Waals surface area contributed by atoms with E-state index in [9.17, 15) is 0 Å². The molecule has 0 nitrogen and oxygen atoms in total. The van der Waals surface area contributed by atoms with Crippen LogP contribution in [0, 0.1) is 40.7 Å². The van der Waals surface area contributed by atoms with Crippen molar-refractivity contribution in [1.29, 1.82) is 0 Å². The Kier molecular flexibility index (Phi) is 10.1. The number of halogens is 2. The van der Waals surface area contributed by atoms with Crippen LogP contribution in [-0.2, 0) is 28.1 Å². The number of hydrogen-bond acceptors (Lipinski definition) is 0. The molecule has 134 valence electrons. The summed E-state index contributed by atoms with van der Waals surface area (Å²) in [5.41, 5.74) is 12.8. The molecule has 0 amide bonds. The molecular formula is C23H24Cl2Ti. The Morgan fingerprint density at radius 3 is 1.88 bits per heavy atom. The number of rotatable bonds is 0. The van der Waals surface area contributed by atoms with Crippen LogP contribution < -0.4 is 24.8 Å². The normalized spacial score (nSPS) is 10.2. The van der Waals surface area contributed by atoms with Gasteiger partial charge >= 0.3 is 21.7 Å². The van der Waals surface area contributed by atoms with Crippen molar-refractivity contribution >= 4 is 0 Å². The SMILES string of the molecule is Cc1c(C)c(C)[c-](C)c1C.[Cl-].[Cl-].[Ti+4].[c-]1cccc2c1Cc1ccccc1-2. The molecule has 1 aliphatic carbocycles. The molecule has 0 heterocycles. The van der Waals surface area contributed by atoms with E-state index in [-0.39, 0.29) is 46.5 Å². The van der Waals surface area contributed by atoms with Crippen molar-refractivity contribution in [2.75, 3.05) is 0 Å². The summed E-state index contributed by atoms with van der Waals surface area (Å²) in [6.07, 6.45) is 1.05. The molecule has 0 saturated carbocycles. The van der Waals surface area contributed by atoms with Gasteiger partial charge < -0.3 is 24.8 Å². The summed E-state index contributed by atoms with van der Waals surface area (Å²) in [6, 6.07) is 18.1. The van der Waals surface area contributed by atoms with E-state index in [0.29, 0.717) is 0 Å². The zero-order valence-electron chi connectivity index (χ0n) is 16.0. The first-order valence-electron chi connectivity index (χ1n) is 8.28. The first-order chi connectivity index (χ1) is 11.0. The molecule has 3 heteroatoms. The summed E-state index contributed by atoms with van der Waals surface area (Å²) in [7, 11) is 0. The number of fused-ring (bicyclic) bond motifs is 3. The molecule has 0 aliphatic heterocycles. The number of benzene rings is 2. The van der Waals surface area contributed by atoms with Gasteiger partial charge in [0, 0.05) is 0 Å². The second kappa shape index (κ2) is 10.4. The summed E-state index contributed by atoms with van der Waals surface area (Å²) < 4.78 is 0. The van der Waals surface area contributed by atoms with Gasteiger partial charge in [-0.05, 0) is 6.42 Å². The Morgan fingerprint density at radius 2 is 1.35 bits per heavy atom. The molecule has 26 heavy (non-hydrogen) atoms. The van der Waals surface area contributed by atoms with Gasteiger partial charge in [0.15, 0.2) is 0 Å². The standard InChI is InChI=1S/C13H9.C10H15.2ClH.Ti/c1-3-7-12-10(5-1)9-11-6-2-4-8-13(11)12;1-6-7(2)9(4)10(5)8(6)3;;;/h1-5,7-8H,9H2;1-5H3;2*1H;/q2*-1;;;+4/p-2. The molecule has 0 aromatic heterocycles. The van der Waals surface area contributed by atoms with Gasteiger partial charge in [-0.2, -0.15) is 57.6 Å². The fourth-order valence-electron chi connectivity index (χ4n) is 3.40. The van der Waals surface area contributed by atoms with E-state index in [1.54, 1.807) is 0 Å². The molecule has 3 aromatic carbocycles. The third kappa shape index (κ3) is 4.67. The van der Waals surface area contributed by atoms with E-state index in [4.69, 9.17) is 0 Å². The van der Waals surface area contributed by atoms with Crippen molar-refractivity contribution in [1.82, 2.24) is 0 Å². The van der Waals surface area contributed by atoms with E-state index < -0.39 is 0 Å². The van der Waals surface area contributed by atoms with Crippen molar-refractivity contribution in [2.24, 2.45) is 0 Å². The van der Waals surface area contributed by atoms with Crippen molar-refractivity contribution in [3.05, 3.63) is 87.5 Å². The summed E-state index contributed by atoms with van der Waals surface area (Å²) >= 11 is 0.